The molecule has 1 aromatic carbocycles. The largest absolute Gasteiger partial charge is 0.338 e. The minimum Gasteiger partial charge on any atom is -0.338 e. The van der Waals surface area contributed by atoms with Crippen molar-refractivity contribution in [2.45, 2.75) is 31.2 Å². The van der Waals surface area contributed by atoms with Crippen molar-refractivity contribution in [2.75, 3.05) is 6.54 Å². The lowest BCUT2D eigenvalue weighted by atomic mass is 10.1. The second-order valence-electron chi connectivity index (χ2n) is 5.14. The summed E-state index contributed by atoms with van der Waals surface area (Å²) >= 11 is 0. The third kappa shape index (κ3) is 2.78. The van der Waals surface area contributed by atoms with Crippen molar-refractivity contribution in [3.8, 4) is 0 Å². The Morgan fingerprint density at radius 1 is 1.24 bits per heavy atom. The highest BCUT2D eigenvalue weighted by atomic mass is 16.2. The van der Waals surface area contributed by atoms with Crippen LogP contribution in [0.4, 0.5) is 4.79 Å². The molecule has 1 aromatic rings. The van der Waals surface area contributed by atoms with Gasteiger partial charge in [-0.15, -0.1) is 0 Å². The minimum absolute atomic E-state index is 0.00575. The van der Waals surface area contributed by atoms with Crippen LogP contribution >= 0.6 is 0 Å². The molecule has 0 saturated heterocycles. The van der Waals surface area contributed by atoms with E-state index in [1.54, 1.807) is 0 Å². The fourth-order valence-corrected chi connectivity index (χ4v) is 2.27. The number of rotatable bonds is 4. The van der Waals surface area contributed by atoms with Crippen molar-refractivity contribution in [2.24, 2.45) is 5.92 Å². The zero-order valence-corrected chi connectivity index (χ0v) is 9.86. The van der Waals surface area contributed by atoms with E-state index in [0.29, 0.717) is 17.9 Å². The molecule has 90 valence electrons. The van der Waals surface area contributed by atoms with Crippen LogP contribution in [0, 0.1) is 5.92 Å². The van der Waals surface area contributed by atoms with Crippen LogP contribution in [0.2, 0.25) is 0 Å². The highest BCUT2D eigenvalue weighted by molar-refractivity contribution is 5.74. The molecule has 0 aliphatic heterocycles. The molecule has 2 atom stereocenters. The molecule has 0 radical (unpaired) electrons. The Balaban J connectivity index is 1.41. The first-order valence-electron chi connectivity index (χ1n) is 6.42. The van der Waals surface area contributed by atoms with Crippen molar-refractivity contribution in [1.82, 2.24) is 10.6 Å². The van der Waals surface area contributed by atoms with Crippen LogP contribution in [0.15, 0.2) is 30.3 Å². The van der Waals surface area contributed by atoms with E-state index in [4.69, 9.17) is 0 Å². The molecule has 2 saturated carbocycles. The van der Waals surface area contributed by atoms with Gasteiger partial charge >= 0.3 is 6.03 Å². The first kappa shape index (κ1) is 10.6. The van der Waals surface area contributed by atoms with Crippen LogP contribution in [0.5, 0.6) is 0 Å². The second-order valence-corrected chi connectivity index (χ2v) is 5.14. The summed E-state index contributed by atoms with van der Waals surface area (Å²) in [6.45, 7) is 0.804. The van der Waals surface area contributed by atoms with Crippen molar-refractivity contribution >= 4 is 6.03 Å². The van der Waals surface area contributed by atoms with E-state index in [0.717, 1.165) is 19.4 Å². The highest BCUT2D eigenvalue weighted by Crippen LogP contribution is 2.46. The average molecular weight is 230 g/mol. The Labute approximate surface area is 102 Å². The molecule has 2 unspecified atom stereocenters. The molecule has 0 bridgehead atoms. The SMILES string of the molecule is O=C(NCC1CC1c1ccccc1)NC1CC1. The Bertz CT molecular complexity index is 400. The van der Waals surface area contributed by atoms with Gasteiger partial charge in [-0.3, -0.25) is 0 Å². The molecule has 2 N–H and O–H groups in total. The van der Waals surface area contributed by atoms with Gasteiger partial charge in [-0.1, -0.05) is 30.3 Å². The van der Waals surface area contributed by atoms with Gasteiger partial charge in [0.25, 0.3) is 0 Å². The van der Waals surface area contributed by atoms with E-state index in [2.05, 4.69) is 34.9 Å². The van der Waals surface area contributed by atoms with Crippen LogP contribution in [-0.2, 0) is 0 Å². The predicted octanol–water partition coefficient (Wildman–Crippen LogP) is 2.25. The predicted molar refractivity (Wildman–Crippen MR) is 66.8 cm³/mol. The summed E-state index contributed by atoms with van der Waals surface area (Å²) in [6, 6.07) is 11.0. The van der Waals surface area contributed by atoms with E-state index >= 15 is 0 Å². The zero-order chi connectivity index (χ0) is 11.7. The number of benzene rings is 1. The van der Waals surface area contributed by atoms with E-state index in [1.165, 1.54) is 12.0 Å². The monoisotopic (exact) mass is 230 g/mol. The summed E-state index contributed by atoms with van der Waals surface area (Å²) < 4.78 is 0. The zero-order valence-electron chi connectivity index (χ0n) is 9.86. The topological polar surface area (TPSA) is 41.1 Å². The smallest absolute Gasteiger partial charge is 0.315 e. The maximum Gasteiger partial charge on any atom is 0.315 e. The number of carbonyl (C=O) groups is 1. The lowest BCUT2D eigenvalue weighted by Crippen LogP contribution is -2.37. The molecule has 0 aromatic heterocycles. The van der Waals surface area contributed by atoms with Gasteiger partial charge in [0.2, 0.25) is 0 Å². The lowest BCUT2D eigenvalue weighted by Gasteiger charge is -2.06. The molecule has 2 amide bonds. The van der Waals surface area contributed by atoms with Gasteiger partial charge in [0.15, 0.2) is 0 Å². The number of nitrogens with one attached hydrogen (secondary N) is 2. The van der Waals surface area contributed by atoms with Gasteiger partial charge in [-0.05, 0) is 36.7 Å². The van der Waals surface area contributed by atoms with Gasteiger partial charge in [0.05, 0.1) is 0 Å². The first-order valence-corrected chi connectivity index (χ1v) is 6.42. The molecule has 0 spiro atoms. The number of carbonyl (C=O) groups excluding carboxylic acids is 1. The van der Waals surface area contributed by atoms with Gasteiger partial charge < -0.3 is 10.6 Å². The molecular weight excluding hydrogens is 212 g/mol. The number of hydrogen-bond donors (Lipinski definition) is 2. The second kappa shape index (κ2) is 4.40. The quantitative estimate of drug-likeness (QED) is 0.818. The van der Waals surface area contributed by atoms with E-state index in [9.17, 15) is 4.79 Å². The van der Waals surface area contributed by atoms with Crippen LogP contribution in [0.3, 0.4) is 0 Å². The third-order valence-electron chi connectivity index (χ3n) is 3.59. The minimum atomic E-state index is 0.00575. The Morgan fingerprint density at radius 2 is 2.00 bits per heavy atom. The van der Waals surface area contributed by atoms with Crippen molar-refractivity contribution < 1.29 is 4.79 Å². The maximum absolute atomic E-state index is 11.4. The maximum atomic E-state index is 11.4. The fraction of sp³-hybridized carbons (Fsp3) is 0.500. The molecule has 2 aliphatic rings. The van der Waals surface area contributed by atoms with Crippen molar-refractivity contribution in [3.63, 3.8) is 0 Å². The van der Waals surface area contributed by atoms with Gasteiger partial charge in [-0.2, -0.15) is 0 Å². The summed E-state index contributed by atoms with van der Waals surface area (Å²) in [4.78, 5) is 11.4. The molecule has 2 fully saturated rings. The van der Waals surface area contributed by atoms with Crippen molar-refractivity contribution in [1.29, 1.82) is 0 Å². The summed E-state index contributed by atoms with van der Waals surface area (Å²) in [5.41, 5.74) is 1.40. The van der Waals surface area contributed by atoms with Gasteiger partial charge in [0.1, 0.15) is 0 Å². The summed E-state index contributed by atoms with van der Waals surface area (Å²) in [7, 11) is 0. The van der Waals surface area contributed by atoms with E-state index in [1.807, 2.05) is 6.07 Å². The Hall–Kier alpha value is -1.51. The number of hydrogen-bond acceptors (Lipinski definition) is 1. The van der Waals surface area contributed by atoms with E-state index in [-0.39, 0.29) is 6.03 Å². The summed E-state index contributed by atoms with van der Waals surface area (Å²) in [6.07, 6.45) is 3.49. The fourth-order valence-electron chi connectivity index (χ4n) is 2.27. The molecule has 2 aliphatic carbocycles. The molecule has 3 nitrogen and oxygen atoms in total. The Kier molecular flexibility index (Phi) is 2.75. The standard InChI is InChI=1S/C14H18N2O/c17-14(16-12-6-7-12)15-9-11-8-13(11)10-4-2-1-3-5-10/h1-5,11-13H,6-9H2,(H2,15,16,17). The average Bonchev–Trinajstić information content (AvgIpc) is 3.23. The summed E-state index contributed by atoms with van der Waals surface area (Å²) in [5, 5.41) is 5.91. The number of amides is 2. The molecule has 3 rings (SSSR count). The van der Waals surface area contributed by atoms with Crippen molar-refractivity contribution in [3.05, 3.63) is 35.9 Å². The first-order chi connectivity index (χ1) is 8.33. The van der Waals surface area contributed by atoms with E-state index < -0.39 is 0 Å². The lowest BCUT2D eigenvalue weighted by molar-refractivity contribution is 0.240. The third-order valence-corrected chi connectivity index (χ3v) is 3.59. The Morgan fingerprint density at radius 3 is 2.71 bits per heavy atom. The summed E-state index contributed by atoms with van der Waals surface area (Å²) in [5.74, 6) is 1.28. The van der Waals surface area contributed by atoms with Crippen LogP contribution < -0.4 is 10.6 Å². The van der Waals surface area contributed by atoms with Crippen LogP contribution in [0.25, 0.3) is 0 Å². The van der Waals surface area contributed by atoms with Gasteiger partial charge in [0, 0.05) is 12.6 Å². The molecule has 3 heteroatoms. The highest BCUT2D eigenvalue weighted by Gasteiger charge is 2.38. The van der Waals surface area contributed by atoms with Crippen LogP contribution in [0.1, 0.15) is 30.7 Å². The molecule has 0 heterocycles. The van der Waals surface area contributed by atoms with Crippen LogP contribution in [-0.4, -0.2) is 18.6 Å². The van der Waals surface area contributed by atoms with Gasteiger partial charge in [-0.25, -0.2) is 4.79 Å². The molecule has 17 heavy (non-hydrogen) atoms. The normalized spacial score (nSPS) is 26.4. The number of urea groups is 1. The molecular formula is C14H18N2O.